The van der Waals surface area contributed by atoms with Crippen molar-refractivity contribution in [3.63, 3.8) is 0 Å². The highest BCUT2D eigenvalue weighted by Crippen LogP contribution is 2.27. The molecule has 0 spiro atoms. The molecule has 2 rings (SSSR count). The summed E-state index contributed by atoms with van der Waals surface area (Å²) in [5.74, 6) is -1.08. The number of nitrogens with zero attached hydrogens (tertiary/aromatic N) is 2. The zero-order valence-corrected chi connectivity index (χ0v) is 12.6. The van der Waals surface area contributed by atoms with E-state index in [1.54, 1.807) is 6.92 Å². The lowest BCUT2D eigenvalue weighted by atomic mass is 10.2. The van der Waals surface area contributed by atoms with E-state index in [0.29, 0.717) is 6.07 Å². The summed E-state index contributed by atoms with van der Waals surface area (Å²) < 4.78 is 40.1. The summed E-state index contributed by atoms with van der Waals surface area (Å²) in [4.78, 5) is 14.0. The number of aryl methyl sites for hydroxylation is 2. The number of sulfonamides is 1. The van der Waals surface area contributed by atoms with Crippen molar-refractivity contribution in [2.75, 3.05) is 4.72 Å². The molecule has 0 aliphatic carbocycles. The van der Waals surface area contributed by atoms with E-state index in [1.807, 2.05) is 0 Å². The van der Waals surface area contributed by atoms with Crippen molar-refractivity contribution in [2.45, 2.75) is 18.7 Å². The number of nitrogens with one attached hydrogen (secondary N) is 1. The van der Waals surface area contributed by atoms with E-state index < -0.39 is 26.5 Å². The SMILES string of the molecule is Cc1cnc(NS(=O)(=O)c2cc([N+](=O)[O-])c(F)cc2C)s1. The van der Waals surface area contributed by atoms with Crippen molar-refractivity contribution in [1.29, 1.82) is 0 Å². The fourth-order valence-corrected chi connectivity index (χ4v) is 3.80. The van der Waals surface area contributed by atoms with Crippen LogP contribution in [0.2, 0.25) is 0 Å². The first-order valence-electron chi connectivity index (χ1n) is 5.60. The molecule has 0 saturated heterocycles. The highest BCUT2D eigenvalue weighted by molar-refractivity contribution is 7.93. The Morgan fingerprint density at radius 2 is 2.05 bits per heavy atom. The van der Waals surface area contributed by atoms with Crippen molar-refractivity contribution in [3.8, 4) is 0 Å². The molecular formula is C11H10FN3O4S2. The summed E-state index contributed by atoms with van der Waals surface area (Å²) in [6.07, 6.45) is 1.49. The molecule has 0 bridgehead atoms. The third kappa shape index (κ3) is 3.16. The van der Waals surface area contributed by atoms with Crippen LogP contribution in [0.3, 0.4) is 0 Å². The molecule has 1 aromatic heterocycles. The number of aromatic nitrogens is 1. The van der Waals surface area contributed by atoms with Gasteiger partial charge in [-0.05, 0) is 25.5 Å². The van der Waals surface area contributed by atoms with Gasteiger partial charge in [0.25, 0.3) is 10.0 Å². The van der Waals surface area contributed by atoms with Crippen LogP contribution in [0.4, 0.5) is 15.2 Å². The molecule has 1 heterocycles. The zero-order chi connectivity index (χ0) is 15.8. The van der Waals surface area contributed by atoms with E-state index in [-0.39, 0.29) is 15.6 Å². The van der Waals surface area contributed by atoms with Gasteiger partial charge in [0.1, 0.15) is 0 Å². The van der Waals surface area contributed by atoms with Gasteiger partial charge in [0, 0.05) is 17.1 Å². The first-order valence-corrected chi connectivity index (χ1v) is 7.90. The van der Waals surface area contributed by atoms with Gasteiger partial charge >= 0.3 is 5.69 Å². The Kier molecular flexibility index (Phi) is 3.92. The standard InChI is InChI=1S/C11H10FN3O4S2/c1-6-3-8(12)9(15(16)17)4-10(6)21(18,19)14-11-13-5-7(2)20-11/h3-5H,1-2H3,(H,13,14). The second kappa shape index (κ2) is 5.37. The molecule has 1 aromatic carbocycles. The summed E-state index contributed by atoms with van der Waals surface area (Å²) in [5.41, 5.74) is -0.824. The molecule has 0 saturated carbocycles. The van der Waals surface area contributed by atoms with E-state index in [1.165, 1.54) is 13.1 Å². The normalized spacial score (nSPS) is 11.4. The monoisotopic (exact) mass is 331 g/mol. The maximum absolute atomic E-state index is 13.4. The molecule has 0 amide bonds. The number of halogens is 1. The molecule has 0 aliphatic heterocycles. The van der Waals surface area contributed by atoms with E-state index in [2.05, 4.69) is 9.71 Å². The predicted octanol–water partition coefficient (Wildman–Crippen LogP) is 2.61. The number of nitro benzene ring substituents is 1. The van der Waals surface area contributed by atoms with Gasteiger partial charge in [-0.25, -0.2) is 13.4 Å². The van der Waals surface area contributed by atoms with Crippen molar-refractivity contribution in [3.05, 3.63) is 44.7 Å². The zero-order valence-electron chi connectivity index (χ0n) is 11.0. The molecule has 10 heteroatoms. The fraction of sp³-hybridized carbons (Fsp3) is 0.182. The van der Waals surface area contributed by atoms with Crippen LogP contribution in [0.25, 0.3) is 0 Å². The van der Waals surface area contributed by atoms with Crippen LogP contribution in [0.1, 0.15) is 10.4 Å². The van der Waals surface area contributed by atoms with Gasteiger partial charge in [-0.2, -0.15) is 4.39 Å². The van der Waals surface area contributed by atoms with E-state index in [9.17, 15) is 22.9 Å². The fourth-order valence-electron chi connectivity index (χ4n) is 1.64. The Bertz CT molecular complexity index is 817. The molecular weight excluding hydrogens is 321 g/mol. The van der Waals surface area contributed by atoms with Gasteiger partial charge in [0.05, 0.1) is 9.82 Å². The Labute approximate surface area is 123 Å². The van der Waals surface area contributed by atoms with E-state index >= 15 is 0 Å². The lowest BCUT2D eigenvalue weighted by molar-refractivity contribution is -0.387. The van der Waals surface area contributed by atoms with E-state index in [0.717, 1.165) is 22.3 Å². The number of benzene rings is 1. The predicted molar refractivity (Wildman–Crippen MR) is 75.5 cm³/mol. The maximum Gasteiger partial charge on any atom is 0.306 e. The Hall–Kier alpha value is -2.07. The van der Waals surface area contributed by atoms with Gasteiger partial charge in [-0.3, -0.25) is 14.8 Å². The molecule has 0 atom stereocenters. The van der Waals surface area contributed by atoms with Gasteiger partial charge in [-0.1, -0.05) is 0 Å². The summed E-state index contributed by atoms with van der Waals surface area (Å²) in [6, 6.07) is 1.52. The molecule has 7 nitrogen and oxygen atoms in total. The molecule has 1 N–H and O–H groups in total. The Morgan fingerprint density at radius 3 is 2.57 bits per heavy atom. The van der Waals surface area contributed by atoms with Crippen molar-refractivity contribution < 1.29 is 17.7 Å². The van der Waals surface area contributed by atoms with Crippen LogP contribution in [0.5, 0.6) is 0 Å². The maximum atomic E-state index is 13.4. The third-order valence-electron chi connectivity index (χ3n) is 2.57. The van der Waals surface area contributed by atoms with Gasteiger partial charge in [0.15, 0.2) is 5.13 Å². The molecule has 0 radical (unpaired) electrons. The van der Waals surface area contributed by atoms with E-state index in [4.69, 9.17) is 0 Å². The largest absolute Gasteiger partial charge is 0.306 e. The lowest BCUT2D eigenvalue weighted by Gasteiger charge is -2.08. The van der Waals surface area contributed by atoms with Gasteiger partial charge in [-0.15, -0.1) is 11.3 Å². The highest BCUT2D eigenvalue weighted by Gasteiger charge is 2.25. The van der Waals surface area contributed by atoms with Crippen molar-refractivity contribution >= 4 is 32.2 Å². The highest BCUT2D eigenvalue weighted by atomic mass is 32.2. The first kappa shape index (κ1) is 15.3. The van der Waals surface area contributed by atoms with Crippen LogP contribution in [-0.2, 0) is 10.0 Å². The second-order valence-corrected chi connectivity index (χ2v) is 7.09. The third-order valence-corrected chi connectivity index (χ3v) is 5.01. The topological polar surface area (TPSA) is 102 Å². The van der Waals surface area contributed by atoms with Crippen LogP contribution in [0, 0.1) is 29.8 Å². The van der Waals surface area contributed by atoms with Gasteiger partial charge < -0.3 is 0 Å². The molecule has 21 heavy (non-hydrogen) atoms. The van der Waals surface area contributed by atoms with Crippen LogP contribution >= 0.6 is 11.3 Å². The number of rotatable bonds is 4. The van der Waals surface area contributed by atoms with Crippen LogP contribution in [-0.4, -0.2) is 18.3 Å². The van der Waals surface area contributed by atoms with Crippen LogP contribution < -0.4 is 4.72 Å². The lowest BCUT2D eigenvalue weighted by Crippen LogP contribution is -2.14. The Morgan fingerprint density at radius 1 is 1.38 bits per heavy atom. The summed E-state index contributed by atoms with van der Waals surface area (Å²) >= 11 is 1.12. The Balaban J connectivity index is 2.49. The number of anilines is 1. The molecule has 112 valence electrons. The number of nitro groups is 1. The average molecular weight is 331 g/mol. The second-order valence-electron chi connectivity index (χ2n) is 4.21. The van der Waals surface area contributed by atoms with Crippen molar-refractivity contribution in [2.24, 2.45) is 0 Å². The van der Waals surface area contributed by atoms with Gasteiger partial charge in [0.2, 0.25) is 5.82 Å². The summed E-state index contributed by atoms with van der Waals surface area (Å²) in [6.45, 7) is 3.11. The molecule has 0 aliphatic rings. The number of hydrogen-bond donors (Lipinski definition) is 1. The minimum Gasteiger partial charge on any atom is -0.258 e. The smallest absolute Gasteiger partial charge is 0.258 e. The minimum absolute atomic E-state index is 0.0684. The molecule has 0 fully saturated rings. The van der Waals surface area contributed by atoms with Crippen molar-refractivity contribution in [1.82, 2.24) is 4.98 Å². The quantitative estimate of drug-likeness (QED) is 0.685. The van der Waals surface area contributed by atoms with Crippen LogP contribution in [0.15, 0.2) is 23.2 Å². The summed E-state index contributed by atoms with van der Waals surface area (Å²) in [7, 11) is -4.08. The minimum atomic E-state index is -4.08. The first-order chi connectivity index (χ1) is 9.70. The average Bonchev–Trinajstić information content (AvgIpc) is 2.72. The molecule has 2 aromatic rings. The number of hydrogen-bond acceptors (Lipinski definition) is 6. The molecule has 0 unspecified atom stereocenters. The number of thiazole rings is 1. The summed E-state index contributed by atoms with van der Waals surface area (Å²) in [5, 5.41) is 10.9.